The Bertz CT molecular complexity index is 1330. The normalized spacial score (nSPS) is 39.6. The minimum Gasteiger partial charge on any atom is -0.461 e. The number of aldehydes is 1. The van der Waals surface area contributed by atoms with Gasteiger partial charge in [0.25, 0.3) is 0 Å². The van der Waals surface area contributed by atoms with Crippen molar-refractivity contribution in [1.82, 2.24) is 10.2 Å². The molecule has 0 aromatic rings. The molecule has 1 saturated heterocycles. The molecule has 51 heavy (non-hydrogen) atoms. The van der Waals surface area contributed by atoms with Crippen molar-refractivity contribution in [3.05, 3.63) is 12.2 Å². The van der Waals surface area contributed by atoms with E-state index < -0.39 is 15.3 Å². The van der Waals surface area contributed by atoms with E-state index in [0.717, 1.165) is 57.1 Å². The molecule has 2 N–H and O–H groups in total. The van der Waals surface area contributed by atoms with Gasteiger partial charge in [0.05, 0.1) is 16.9 Å². The van der Waals surface area contributed by atoms with E-state index in [4.69, 9.17) is 9.84 Å². The summed E-state index contributed by atoms with van der Waals surface area (Å²) in [6, 6.07) is 0. The van der Waals surface area contributed by atoms with Crippen molar-refractivity contribution >= 4 is 22.1 Å². The molecule has 9 atom stereocenters. The maximum absolute atomic E-state index is 13.2. The van der Waals surface area contributed by atoms with E-state index in [9.17, 15) is 18.0 Å². The zero-order chi connectivity index (χ0) is 38.0. The minimum atomic E-state index is -2.83. The molecule has 6 fully saturated rings. The predicted molar refractivity (Wildman–Crippen MR) is 207 cm³/mol. The number of aliphatic hydroxyl groups is 1. The number of rotatable bonds is 8. The van der Waals surface area contributed by atoms with Gasteiger partial charge in [-0.1, -0.05) is 39.7 Å². The summed E-state index contributed by atoms with van der Waals surface area (Å²) in [6.07, 6.45) is 14.8. The summed E-state index contributed by atoms with van der Waals surface area (Å²) in [5, 5.41) is 11.1. The van der Waals surface area contributed by atoms with Crippen LogP contribution in [0.15, 0.2) is 12.2 Å². The van der Waals surface area contributed by atoms with Crippen molar-refractivity contribution in [1.29, 1.82) is 0 Å². The molecule has 0 spiro atoms. The first kappa shape index (κ1) is 42.5. The van der Waals surface area contributed by atoms with Crippen LogP contribution in [-0.4, -0.2) is 87.1 Å². The van der Waals surface area contributed by atoms with E-state index in [1.165, 1.54) is 63.4 Å². The number of carbonyl (C=O) groups excluding carboxylic acids is 2. The number of nitrogens with one attached hydrogen (secondary N) is 1. The molecule has 9 heteroatoms. The number of hydrogen-bond donors (Lipinski definition) is 2. The fourth-order valence-electron chi connectivity index (χ4n) is 12.7. The van der Waals surface area contributed by atoms with Gasteiger partial charge in [0.15, 0.2) is 9.84 Å². The Morgan fingerprint density at radius 1 is 0.902 bits per heavy atom. The van der Waals surface area contributed by atoms with Gasteiger partial charge in [-0.2, -0.15) is 0 Å². The first-order valence-electron chi connectivity index (χ1n) is 20.2. The Labute approximate surface area is 311 Å². The quantitative estimate of drug-likeness (QED) is 0.153. The average Bonchev–Trinajstić information content (AvgIpc) is 3.48. The SMILES string of the molecule is C=C(C)C.CC(C)(CC=O)C(=O)OC1CCC2(C)C(CCC3(C)C4CCC5(NCCN6CCS(=O)(=O)CC6)CCCC5C4CCC32)C1(C)C.CO. The lowest BCUT2D eigenvalue weighted by molar-refractivity contribution is -0.222. The second kappa shape index (κ2) is 16.2. The Hall–Kier alpha value is -1.29. The lowest BCUT2D eigenvalue weighted by Gasteiger charge is -2.69. The van der Waals surface area contributed by atoms with Crippen molar-refractivity contribution in [3.63, 3.8) is 0 Å². The van der Waals surface area contributed by atoms with Gasteiger partial charge in [-0.05, 0) is 132 Å². The molecule has 5 saturated carbocycles. The van der Waals surface area contributed by atoms with Gasteiger partial charge >= 0.3 is 5.97 Å². The highest BCUT2D eigenvalue weighted by atomic mass is 32.2. The van der Waals surface area contributed by atoms with Crippen LogP contribution in [0.5, 0.6) is 0 Å². The van der Waals surface area contributed by atoms with Crippen LogP contribution in [0, 0.1) is 51.2 Å². The van der Waals surface area contributed by atoms with Gasteiger partial charge in [-0.25, -0.2) is 8.42 Å². The molecule has 0 aromatic heterocycles. The standard InChI is InChI=1S/C37H62N2O5S.C4H8.CH4O/c1-33(2,18-23-40)32(41)44-31-13-16-36(6)29(34(31,3)4)12-15-35(5)27-11-17-37(14-7-8-28(37)26(27)9-10-30(35)36)38-19-20-39-21-24-45(42,43)25-22-39;1-4(2)3;1-2/h23,26-31,38H,7-22,24-25H2,1-6H3;1H2,2-3H3;2H,1H3. The molecular formula is C42H74N2O6S. The van der Waals surface area contributed by atoms with E-state index in [-0.39, 0.29) is 34.9 Å². The van der Waals surface area contributed by atoms with Crippen LogP contribution in [0.3, 0.4) is 0 Å². The predicted octanol–water partition coefficient (Wildman–Crippen LogP) is 7.24. The fraction of sp³-hybridized carbons (Fsp3) is 0.905. The Kier molecular flexibility index (Phi) is 13.5. The number of aliphatic hydroxyl groups excluding tert-OH is 1. The van der Waals surface area contributed by atoms with Crippen LogP contribution in [0.4, 0.5) is 0 Å². The summed E-state index contributed by atoms with van der Waals surface area (Å²) >= 11 is 0. The summed E-state index contributed by atoms with van der Waals surface area (Å²) < 4.78 is 30.1. The third-order valence-corrected chi connectivity index (χ3v) is 16.8. The third kappa shape index (κ3) is 8.52. The number of allylic oxidation sites excluding steroid dienone is 1. The second-order valence-electron chi connectivity index (χ2n) is 19.3. The summed E-state index contributed by atoms with van der Waals surface area (Å²) in [5.41, 5.74) is 1.20. The smallest absolute Gasteiger partial charge is 0.312 e. The highest BCUT2D eigenvalue weighted by Crippen LogP contribution is 2.72. The van der Waals surface area contributed by atoms with Crippen LogP contribution < -0.4 is 5.32 Å². The maximum Gasteiger partial charge on any atom is 0.312 e. The summed E-state index contributed by atoms with van der Waals surface area (Å²) in [5.74, 6) is 4.01. The van der Waals surface area contributed by atoms with Gasteiger partial charge in [0.1, 0.15) is 12.4 Å². The molecule has 6 aliphatic rings. The van der Waals surface area contributed by atoms with Crippen molar-refractivity contribution in [3.8, 4) is 0 Å². The number of fused-ring (bicyclic) bond motifs is 7. The van der Waals surface area contributed by atoms with Crippen LogP contribution >= 0.6 is 0 Å². The Morgan fingerprint density at radius 2 is 1.53 bits per heavy atom. The molecule has 0 amide bonds. The fourth-order valence-corrected chi connectivity index (χ4v) is 14.0. The van der Waals surface area contributed by atoms with Crippen molar-refractivity contribution in [2.45, 2.75) is 144 Å². The monoisotopic (exact) mass is 735 g/mol. The van der Waals surface area contributed by atoms with Gasteiger partial charge < -0.3 is 24.9 Å². The highest BCUT2D eigenvalue weighted by Gasteiger charge is 2.66. The van der Waals surface area contributed by atoms with Crippen LogP contribution in [-0.2, 0) is 24.2 Å². The molecule has 0 aromatic carbocycles. The second-order valence-corrected chi connectivity index (χ2v) is 21.6. The summed E-state index contributed by atoms with van der Waals surface area (Å²) in [6.45, 7) is 24.5. The molecule has 9 unspecified atom stereocenters. The van der Waals surface area contributed by atoms with E-state index in [1.54, 1.807) is 0 Å². The molecule has 294 valence electrons. The molecule has 0 bridgehead atoms. The maximum atomic E-state index is 13.2. The first-order chi connectivity index (χ1) is 23.8. The molecule has 8 nitrogen and oxygen atoms in total. The minimum absolute atomic E-state index is 0.0896. The Balaban J connectivity index is 0.000000909. The van der Waals surface area contributed by atoms with Gasteiger partial charge in [-0.3, -0.25) is 4.79 Å². The molecule has 6 rings (SSSR count). The Morgan fingerprint density at radius 3 is 2.16 bits per heavy atom. The number of sulfone groups is 1. The van der Waals surface area contributed by atoms with Gasteiger partial charge in [0.2, 0.25) is 0 Å². The lowest BCUT2D eigenvalue weighted by Crippen LogP contribution is -2.65. The van der Waals surface area contributed by atoms with E-state index in [0.29, 0.717) is 41.8 Å². The van der Waals surface area contributed by atoms with Gasteiger partial charge in [0, 0.05) is 50.7 Å². The van der Waals surface area contributed by atoms with Crippen LogP contribution in [0.25, 0.3) is 0 Å². The van der Waals surface area contributed by atoms with Crippen LogP contribution in [0.1, 0.15) is 132 Å². The molecule has 5 aliphatic carbocycles. The van der Waals surface area contributed by atoms with Crippen molar-refractivity contribution in [2.24, 2.45) is 51.2 Å². The van der Waals surface area contributed by atoms with E-state index in [2.05, 4.69) is 44.5 Å². The molecular weight excluding hydrogens is 661 g/mol. The number of carbonyl (C=O) groups is 2. The number of hydrogen-bond acceptors (Lipinski definition) is 8. The number of ether oxygens (including phenoxy) is 1. The highest BCUT2D eigenvalue weighted by molar-refractivity contribution is 7.91. The molecule has 0 radical (unpaired) electrons. The zero-order valence-electron chi connectivity index (χ0n) is 33.8. The van der Waals surface area contributed by atoms with Crippen molar-refractivity contribution < 1.29 is 27.9 Å². The van der Waals surface area contributed by atoms with Gasteiger partial charge in [-0.15, -0.1) is 6.58 Å². The largest absolute Gasteiger partial charge is 0.461 e. The van der Waals surface area contributed by atoms with E-state index >= 15 is 0 Å². The lowest BCUT2D eigenvalue weighted by atomic mass is 9.36. The summed E-state index contributed by atoms with van der Waals surface area (Å²) in [7, 11) is -1.83. The molecule has 1 aliphatic heterocycles. The third-order valence-electron chi connectivity index (χ3n) is 15.2. The zero-order valence-corrected chi connectivity index (χ0v) is 34.6. The summed E-state index contributed by atoms with van der Waals surface area (Å²) in [4.78, 5) is 26.7. The number of nitrogens with zero attached hydrogens (tertiary/aromatic N) is 1. The average molecular weight is 735 g/mol. The first-order valence-corrected chi connectivity index (χ1v) is 22.0. The number of esters is 1. The van der Waals surface area contributed by atoms with Crippen molar-refractivity contribution in [2.75, 3.05) is 44.8 Å². The van der Waals surface area contributed by atoms with Crippen LogP contribution in [0.2, 0.25) is 0 Å². The molecule has 1 heterocycles. The topological polar surface area (TPSA) is 113 Å². The van der Waals surface area contributed by atoms with E-state index in [1.807, 2.05) is 27.7 Å².